The van der Waals surface area contributed by atoms with Gasteiger partial charge in [-0.15, -0.1) is 0 Å². The molecule has 0 bridgehead atoms. The molecular weight excluding hydrogens is 206 g/mol. The van der Waals surface area contributed by atoms with Crippen molar-refractivity contribution in [2.45, 2.75) is 79.1 Å². The van der Waals surface area contributed by atoms with Crippen molar-refractivity contribution in [3.05, 3.63) is 0 Å². The van der Waals surface area contributed by atoms with E-state index in [4.69, 9.17) is 0 Å². The lowest BCUT2D eigenvalue weighted by atomic mass is 9.88. The minimum atomic E-state index is 0.894. The Morgan fingerprint density at radius 1 is 0.882 bits per heavy atom. The number of unbranched alkanes of at least 4 members (excludes halogenated alkanes) is 2. The maximum atomic E-state index is 3.57. The first-order valence-electron chi connectivity index (χ1n) is 7.95. The summed E-state index contributed by atoms with van der Waals surface area (Å²) >= 11 is 0. The van der Waals surface area contributed by atoms with Crippen molar-refractivity contribution in [3.63, 3.8) is 0 Å². The second-order valence-corrected chi connectivity index (χ2v) is 5.65. The summed E-state index contributed by atoms with van der Waals surface area (Å²) in [7, 11) is 0. The first kappa shape index (κ1) is 17.0. The summed E-state index contributed by atoms with van der Waals surface area (Å²) in [6.45, 7) is 11.8. The van der Waals surface area contributed by atoms with Gasteiger partial charge in [-0.1, -0.05) is 59.8 Å². The highest BCUT2D eigenvalue weighted by molar-refractivity contribution is 4.63. The Morgan fingerprint density at radius 2 is 1.65 bits per heavy atom. The van der Waals surface area contributed by atoms with Crippen LogP contribution in [-0.2, 0) is 0 Å². The van der Waals surface area contributed by atoms with Crippen molar-refractivity contribution in [2.75, 3.05) is 13.1 Å². The summed E-state index contributed by atoms with van der Waals surface area (Å²) in [5.74, 6) is 1.86. The zero-order valence-electron chi connectivity index (χ0n) is 12.7. The molecule has 0 amide bonds. The predicted molar refractivity (Wildman–Crippen MR) is 79.5 cm³/mol. The third-order valence-corrected chi connectivity index (χ3v) is 3.78. The van der Waals surface area contributed by atoms with Crippen LogP contribution in [0.4, 0.5) is 0 Å². The maximum Gasteiger partial charge on any atom is -0.00464 e. The average Bonchev–Trinajstić information content (AvgIpc) is 2.33. The Kier molecular flexibility index (Phi) is 12.4. The average molecular weight is 241 g/mol. The van der Waals surface area contributed by atoms with E-state index in [2.05, 4.69) is 33.0 Å². The van der Waals surface area contributed by atoms with Gasteiger partial charge in [0.25, 0.3) is 0 Å². The van der Waals surface area contributed by atoms with Crippen LogP contribution in [0.3, 0.4) is 0 Å². The van der Waals surface area contributed by atoms with Crippen LogP contribution >= 0.6 is 0 Å². The highest BCUT2D eigenvalue weighted by Gasteiger charge is 2.10. The van der Waals surface area contributed by atoms with Gasteiger partial charge in [-0.05, 0) is 44.2 Å². The summed E-state index contributed by atoms with van der Waals surface area (Å²) in [6, 6.07) is 0. The Balaban J connectivity index is 3.41. The Morgan fingerprint density at radius 3 is 2.24 bits per heavy atom. The molecule has 0 saturated heterocycles. The first-order valence-corrected chi connectivity index (χ1v) is 7.95. The van der Waals surface area contributed by atoms with Crippen LogP contribution in [-0.4, -0.2) is 13.1 Å². The second kappa shape index (κ2) is 12.4. The summed E-state index contributed by atoms with van der Waals surface area (Å²) < 4.78 is 0. The summed E-state index contributed by atoms with van der Waals surface area (Å²) in [6.07, 6.45) is 11.0. The lowest BCUT2D eigenvalue weighted by Crippen LogP contribution is -2.19. The van der Waals surface area contributed by atoms with Crippen LogP contribution < -0.4 is 5.32 Å². The third-order valence-electron chi connectivity index (χ3n) is 3.78. The van der Waals surface area contributed by atoms with Crippen molar-refractivity contribution in [1.82, 2.24) is 5.32 Å². The largest absolute Gasteiger partial charge is 0.317 e. The van der Waals surface area contributed by atoms with E-state index in [1.807, 2.05) is 0 Å². The van der Waals surface area contributed by atoms with Crippen molar-refractivity contribution >= 4 is 0 Å². The summed E-state index contributed by atoms with van der Waals surface area (Å²) in [5.41, 5.74) is 0. The van der Waals surface area contributed by atoms with Gasteiger partial charge >= 0.3 is 0 Å². The molecule has 0 aliphatic carbocycles. The zero-order valence-corrected chi connectivity index (χ0v) is 12.7. The van der Waals surface area contributed by atoms with Crippen LogP contribution in [0.1, 0.15) is 79.1 Å². The molecule has 0 spiro atoms. The smallest absolute Gasteiger partial charge is 0.00464 e. The lowest BCUT2D eigenvalue weighted by Gasteiger charge is -2.19. The van der Waals surface area contributed by atoms with Gasteiger partial charge in [0.2, 0.25) is 0 Å². The van der Waals surface area contributed by atoms with Crippen LogP contribution in [0.15, 0.2) is 0 Å². The molecule has 17 heavy (non-hydrogen) atoms. The number of nitrogens with one attached hydrogen (secondary N) is 1. The Hall–Kier alpha value is -0.0400. The molecule has 0 aliphatic heterocycles. The summed E-state index contributed by atoms with van der Waals surface area (Å²) in [4.78, 5) is 0. The minimum Gasteiger partial charge on any atom is -0.317 e. The van der Waals surface area contributed by atoms with Gasteiger partial charge in [0.1, 0.15) is 0 Å². The molecular formula is C16H35N. The fourth-order valence-electron chi connectivity index (χ4n) is 2.56. The molecule has 1 heteroatoms. The monoisotopic (exact) mass is 241 g/mol. The maximum absolute atomic E-state index is 3.57. The van der Waals surface area contributed by atoms with Gasteiger partial charge in [0, 0.05) is 0 Å². The van der Waals surface area contributed by atoms with E-state index in [1.165, 1.54) is 64.5 Å². The minimum absolute atomic E-state index is 0.894. The third kappa shape index (κ3) is 10.8. The number of hydrogen-bond acceptors (Lipinski definition) is 1. The molecule has 104 valence electrons. The molecule has 0 aromatic carbocycles. The molecule has 1 nitrogen and oxygen atoms in total. The molecule has 0 aliphatic rings. The van der Waals surface area contributed by atoms with E-state index >= 15 is 0 Å². The zero-order chi connectivity index (χ0) is 12.9. The van der Waals surface area contributed by atoms with Gasteiger partial charge in [-0.25, -0.2) is 0 Å². The van der Waals surface area contributed by atoms with Gasteiger partial charge in [0.15, 0.2) is 0 Å². The molecule has 2 unspecified atom stereocenters. The SMILES string of the molecule is CCCCCNCCC(C)CC(CC)CCC. The first-order chi connectivity index (χ1) is 8.24. The fourth-order valence-corrected chi connectivity index (χ4v) is 2.56. The highest BCUT2D eigenvalue weighted by Crippen LogP contribution is 2.22. The fraction of sp³-hybridized carbons (Fsp3) is 1.00. The van der Waals surface area contributed by atoms with E-state index in [1.54, 1.807) is 0 Å². The van der Waals surface area contributed by atoms with E-state index in [9.17, 15) is 0 Å². The van der Waals surface area contributed by atoms with Crippen LogP contribution in [0.5, 0.6) is 0 Å². The van der Waals surface area contributed by atoms with Gasteiger partial charge < -0.3 is 5.32 Å². The van der Waals surface area contributed by atoms with E-state index in [0.29, 0.717) is 0 Å². The lowest BCUT2D eigenvalue weighted by molar-refractivity contribution is 0.341. The molecule has 0 fully saturated rings. The molecule has 0 saturated carbocycles. The molecule has 0 radical (unpaired) electrons. The van der Waals surface area contributed by atoms with Crippen molar-refractivity contribution < 1.29 is 0 Å². The molecule has 1 N–H and O–H groups in total. The number of hydrogen-bond donors (Lipinski definition) is 1. The standard InChI is InChI=1S/C16H35N/c1-5-8-9-12-17-13-11-15(4)14-16(7-3)10-6-2/h15-17H,5-14H2,1-4H3. The van der Waals surface area contributed by atoms with E-state index < -0.39 is 0 Å². The van der Waals surface area contributed by atoms with Crippen molar-refractivity contribution in [1.29, 1.82) is 0 Å². The highest BCUT2D eigenvalue weighted by atomic mass is 14.8. The second-order valence-electron chi connectivity index (χ2n) is 5.65. The van der Waals surface area contributed by atoms with Crippen molar-refractivity contribution in [2.24, 2.45) is 11.8 Å². The van der Waals surface area contributed by atoms with Gasteiger partial charge in [0.05, 0.1) is 0 Å². The van der Waals surface area contributed by atoms with Crippen molar-refractivity contribution in [3.8, 4) is 0 Å². The predicted octanol–water partition coefficient (Wildman–Crippen LogP) is 5.01. The van der Waals surface area contributed by atoms with Crippen LogP contribution in [0.25, 0.3) is 0 Å². The van der Waals surface area contributed by atoms with E-state index in [0.717, 1.165) is 11.8 Å². The quantitative estimate of drug-likeness (QED) is 0.474. The molecule has 0 rings (SSSR count). The summed E-state index contributed by atoms with van der Waals surface area (Å²) in [5, 5.41) is 3.57. The van der Waals surface area contributed by atoms with E-state index in [-0.39, 0.29) is 0 Å². The normalized spacial score (nSPS) is 14.8. The topological polar surface area (TPSA) is 12.0 Å². The van der Waals surface area contributed by atoms with Gasteiger partial charge in [-0.2, -0.15) is 0 Å². The molecule has 2 atom stereocenters. The Labute approximate surface area is 110 Å². The molecule has 0 aromatic rings. The van der Waals surface area contributed by atoms with Gasteiger partial charge in [-0.3, -0.25) is 0 Å². The van der Waals surface area contributed by atoms with Crippen LogP contribution in [0, 0.1) is 11.8 Å². The molecule has 0 aromatic heterocycles. The Bertz CT molecular complexity index is 144. The number of rotatable bonds is 12. The van der Waals surface area contributed by atoms with Crippen LogP contribution in [0.2, 0.25) is 0 Å². The molecule has 0 heterocycles.